The van der Waals surface area contributed by atoms with Gasteiger partial charge in [0.1, 0.15) is 11.5 Å². The number of pyridine rings is 1. The zero-order valence-electron chi connectivity index (χ0n) is 18.2. The second kappa shape index (κ2) is 7.51. The maximum absolute atomic E-state index is 7.29. The molecule has 0 bridgehead atoms. The van der Waals surface area contributed by atoms with Crippen LogP contribution in [0.4, 0.5) is 0 Å². The van der Waals surface area contributed by atoms with Crippen LogP contribution in [-0.2, 0) is 0 Å². The lowest BCUT2D eigenvalue weighted by Gasteiger charge is -2.27. The number of hydrogen-bond donors (Lipinski definition) is 0. The molecule has 0 aliphatic carbocycles. The average molecular weight is 457 g/mol. The Labute approximate surface area is 202 Å². The zero-order valence-corrected chi connectivity index (χ0v) is 18.9. The predicted molar refractivity (Wildman–Crippen MR) is 141 cm³/mol. The van der Waals surface area contributed by atoms with E-state index in [1.54, 1.807) is 0 Å². The second-order valence-electron chi connectivity index (χ2n) is 8.54. The Morgan fingerprint density at radius 3 is 2.09 bits per heavy atom. The summed E-state index contributed by atoms with van der Waals surface area (Å²) >= 11 is 7.29. The summed E-state index contributed by atoms with van der Waals surface area (Å²) in [6, 6.07) is 33.2. The van der Waals surface area contributed by atoms with Crippen molar-refractivity contribution in [2.75, 3.05) is 0 Å². The van der Waals surface area contributed by atoms with E-state index >= 15 is 0 Å². The molecular weight excluding hydrogens is 439 g/mol. The summed E-state index contributed by atoms with van der Waals surface area (Å²) in [4.78, 5) is 4.42. The molecular formula is C29H18BClN2O. The van der Waals surface area contributed by atoms with Gasteiger partial charge in [-0.1, -0.05) is 78.3 Å². The van der Waals surface area contributed by atoms with Gasteiger partial charge in [0.15, 0.2) is 0 Å². The number of rotatable bonds is 2. The van der Waals surface area contributed by atoms with Crippen molar-refractivity contribution >= 4 is 56.5 Å². The summed E-state index contributed by atoms with van der Waals surface area (Å²) < 4.78 is 8.45. The van der Waals surface area contributed by atoms with Crippen LogP contribution in [0.3, 0.4) is 0 Å². The molecule has 0 saturated carbocycles. The zero-order chi connectivity index (χ0) is 22.6. The normalized spacial score (nSPS) is 12.4. The lowest BCUT2D eigenvalue weighted by molar-refractivity contribution is 0.487. The molecule has 3 nitrogen and oxygen atoms in total. The van der Waals surface area contributed by atoms with Crippen LogP contribution in [0.2, 0.25) is 5.02 Å². The first-order chi connectivity index (χ1) is 16.8. The van der Waals surface area contributed by atoms with Gasteiger partial charge in [-0.15, -0.1) is 0 Å². The fourth-order valence-electron chi connectivity index (χ4n) is 5.26. The lowest BCUT2D eigenvalue weighted by atomic mass is 9.36. The third-order valence-electron chi connectivity index (χ3n) is 6.72. The quantitative estimate of drug-likeness (QED) is 0.323. The van der Waals surface area contributed by atoms with Crippen molar-refractivity contribution < 1.29 is 4.74 Å². The number of aromatic nitrogens is 2. The maximum Gasteiger partial charge on any atom is 0.252 e. The molecule has 3 heterocycles. The van der Waals surface area contributed by atoms with Crippen LogP contribution in [0, 0.1) is 0 Å². The van der Waals surface area contributed by atoms with Crippen LogP contribution < -0.4 is 21.1 Å². The number of benzene rings is 4. The number of fused-ring (bicyclic) bond motifs is 5. The molecule has 6 aromatic rings. The molecule has 0 spiro atoms. The van der Waals surface area contributed by atoms with Crippen molar-refractivity contribution in [3.63, 3.8) is 0 Å². The van der Waals surface area contributed by atoms with Crippen molar-refractivity contribution in [3.8, 4) is 17.2 Å². The van der Waals surface area contributed by atoms with E-state index in [2.05, 4.69) is 82.3 Å². The molecule has 0 fully saturated rings. The van der Waals surface area contributed by atoms with Gasteiger partial charge >= 0.3 is 0 Å². The predicted octanol–water partition coefficient (Wildman–Crippen LogP) is 5.45. The topological polar surface area (TPSA) is 27.1 Å². The fraction of sp³-hybridized carbons (Fsp3) is 0. The fourth-order valence-corrected chi connectivity index (χ4v) is 5.58. The molecule has 160 valence electrons. The highest BCUT2D eigenvalue weighted by Crippen LogP contribution is 2.34. The third kappa shape index (κ3) is 2.76. The molecule has 0 radical (unpaired) electrons. The van der Waals surface area contributed by atoms with Crippen molar-refractivity contribution in [2.45, 2.75) is 0 Å². The van der Waals surface area contributed by atoms with E-state index in [4.69, 9.17) is 16.3 Å². The first-order valence-corrected chi connectivity index (χ1v) is 11.7. The smallest absolute Gasteiger partial charge is 0.252 e. The van der Waals surface area contributed by atoms with Gasteiger partial charge in [-0.3, -0.25) is 4.98 Å². The van der Waals surface area contributed by atoms with Gasteiger partial charge in [0, 0.05) is 17.0 Å². The molecule has 1 aliphatic rings. The molecule has 0 saturated heterocycles. The molecule has 4 aromatic carbocycles. The van der Waals surface area contributed by atoms with Gasteiger partial charge in [-0.25, -0.2) is 0 Å². The van der Waals surface area contributed by atoms with Gasteiger partial charge in [0.25, 0.3) is 6.71 Å². The van der Waals surface area contributed by atoms with Crippen LogP contribution in [0.5, 0.6) is 11.5 Å². The van der Waals surface area contributed by atoms with E-state index in [1.165, 1.54) is 5.39 Å². The molecule has 1 aliphatic heterocycles. The number of para-hydroxylation sites is 3. The van der Waals surface area contributed by atoms with Gasteiger partial charge in [0.05, 0.1) is 27.9 Å². The Hall–Kier alpha value is -4.02. The summed E-state index contributed by atoms with van der Waals surface area (Å²) in [7, 11) is 0. The van der Waals surface area contributed by atoms with Crippen LogP contribution in [-0.4, -0.2) is 16.3 Å². The molecule has 0 N–H and O–H groups in total. The highest BCUT2D eigenvalue weighted by atomic mass is 35.5. The van der Waals surface area contributed by atoms with Gasteiger partial charge < -0.3 is 9.30 Å². The third-order valence-corrected chi connectivity index (χ3v) is 7.13. The minimum absolute atomic E-state index is 0.0279. The number of ether oxygens (including phenoxy) is 1. The largest absolute Gasteiger partial charge is 0.458 e. The van der Waals surface area contributed by atoms with Crippen LogP contribution >= 0.6 is 11.6 Å². The van der Waals surface area contributed by atoms with E-state index in [9.17, 15) is 0 Å². The second-order valence-corrected chi connectivity index (χ2v) is 8.91. The molecule has 34 heavy (non-hydrogen) atoms. The van der Waals surface area contributed by atoms with Gasteiger partial charge in [0.2, 0.25) is 0 Å². The van der Waals surface area contributed by atoms with E-state index in [-0.39, 0.29) is 6.71 Å². The summed E-state index contributed by atoms with van der Waals surface area (Å²) in [6.07, 6.45) is 3.75. The van der Waals surface area contributed by atoms with Crippen LogP contribution in [0.15, 0.2) is 109 Å². The Bertz CT molecular complexity index is 1630. The van der Waals surface area contributed by atoms with Gasteiger partial charge in [-0.05, 0) is 46.7 Å². The summed E-state index contributed by atoms with van der Waals surface area (Å²) in [6.45, 7) is -0.0279. The summed E-state index contributed by atoms with van der Waals surface area (Å²) in [5.74, 6) is 1.74. The molecule has 0 amide bonds. The minimum Gasteiger partial charge on any atom is -0.458 e. The standard InChI is InChI=1S/C29H18BClN2O/c31-29-23(30-21-9-2-5-14-27(21)34-28-15-6-3-10-22(28)30)11-7-13-25(29)33-24-12-4-1-8-19(24)20-16-17-32-18-26(20)33/h1-18H. The molecule has 0 atom stereocenters. The van der Waals surface area contributed by atoms with Crippen molar-refractivity contribution in [3.05, 3.63) is 114 Å². The van der Waals surface area contributed by atoms with Crippen molar-refractivity contribution in [1.29, 1.82) is 0 Å². The van der Waals surface area contributed by atoms with E-state index in [0.29, 0.717) is 0 Å². The highest BCUT2D eigenvalue weighted by molar-refractivity contribution is 6.98. The van der Waals surface area contributed by atoms with Crippen LogP contribution in [0.1, 0.15) is 0 Å². The minimum atomic E-state index is -0.0279. The van der Waals surface area contributed by atoms with Crippen LogP contribution in [0.25, 0.3) is 27.5 Å². The first kappa shape index (κ1) is 19.5. The Morgan fingerprint density at radius 2 is 1.29 bits per heavy atom. The Kier molecular flexibility index (Phi) is 4.30. The number of hydrogen-bond acceptors (Lipinski definition) is 2. The summed E-state index contributed by atoms with van der Waals surface area (Å²) in [5.41, 5.74) is 6.37. The van der Waals surface area contributed by atoms with Crippen molar-refractivity contribution in [2.24, 2.45) is 0 Å². The lowest BCUT2D eigenvalue weighted by Crippen LogP contribution is -2.55. The molecule has 7 rings (SSSR count). The highest BCUT2D eigenvalue weighted by Gasteiger charge is 2.34. The number of halogens is 1. The Balaban J connectivity index is 1.52. The van der Waals surface area contributed by atoms with E-state index in [1.807, 2.05) is 36.7 Å². The molecule has 5 heteroatoms. The van der Waals surface area contributed by atoms with Crippen molar-refractivity contribution in [1.82, 2.24) is 9.55 Å². The maximum atomic E-state index is 7.29. The number of nitrogens with zero attached hydrogens (tertiary/aromatic N) is 2. The average Bonchev–Trinajstić information content (AvgIpc) is 3.22. The van der Waals surface area contributed by atoms with Gasteiger partial charge in [-0.2, -0.15) is 0 Å². The first-order valence-electron chi connectivity index (χ1n) is 11.3. The Morgan fingerprint density at radius 1 is 0.647 bits per heavy atom. The summed E-state index contributed by atoms with van der Waals surface area (Å²) in [5, 5.41) is 3.07. The molecule has 2 aromatic heterocycles. The van der Waals surface area contributed by atoms with E-state index in [0.717, 1.165) is 55.0 Å². The monoisotopic (exact) mass is 456 g/mol. The van der Waals surface area contributed by atoms with E-state index < -0.39 is 0 Å². The SMILES string of the molecule is Clc1c(B2c3ccccc3Oc3ccccc32)cccc1-n1c2ccccc2c2ccncc21. The molecule has 0 unspecified atom stereocenters.